The molecule has 2 aromatic carbocycles. The van der Waals surface area contributed by atoms with Crippen LogP contribution in [0.1, 0.15) is 13.3 Å². The monoisotopic (exact) mass is 412 g/mol. The van der Waals surface area contributed by atoms with Crippen molar-refractivity contribution >= 4 is 29.2 Å². The zero-order valence-electron chi connectivity index (χ0n) is 17.1. The Kier molecular flexibility index (Phi) is 6.56. The summed E-state index contributed by atoms with van der Waals surface area (Å²) in [5.74, 6) is -0.902. The third-order valence-electron chi connectivity index (χ3n) is 4.86. The predicted molar refractivity (Wildman–Crippen MR) is 111 cm³/mol. The van der Waals surface area contributed by atoms with E-state index in [-0.39, 0.29) is 18.9 Å². The van der Waals surface area contributed by atoms with E-state index in [1.54, 1.807) is 48.5 Å². The lowest BCUT2D eigenvalue weighted by Crippen LogP contribution is -2.33. The van der Waals surface area contributed by atoms with Crippen LogP contribution < -0.4 is 19.7 Å². The van der Waals surface area contributed by atoms with Gasteiger partial charge in [0.15, 0.2) is 6.10 Å². The second-order valence-corrected chi connectivity index (χ2v) is 6.85. The minimum atomic E-state index is -1.03. The highest BCUT2D eigenvalue weighted by molar-refractivity contribution is 6.01. The molecule has 0 spiro atoms. The molecule has 1 aliphatic heterocycles. The number of anilines is 2. The number of methoxy groups -OCH3 is 2. The first-order valence-electron chi connectivity index (χ1n) is 9.52. The zero-order chi connectivity index (χ0) is 21.7. The molecule has 0 aliphatic carbocycles. The predicted octanol–water partition coefficient (Wildman–Crippen LogP) is 2.63. The lowest BCUT2D eigenvalue weighted by atomic mass is 10.1. The molecule has 1 saturated heterocycles. The number of ether oxygens (including phenoxy) is 3. The summed E-state index contributed by atoms with van der Waals surface area (Å²) < 4.78 is 15.8. The fourth-order valence-corrected chi connectivity index (χ4v) is 3.26. The Morgan fingerprint density at radius 2 is 1.67 bits per heavy atom. The number of para-hydroxylation sites is 4. The van der Waals surface area contributed by atoms with Gasteiger partial charge in [-0.15, -0.1) is 0 Å². The summed E-state index contributed by atoms with van der Waals surface area (Å²) in [5.41, 5.74) is 1.08. The van der Waals surface area contributed by atoms with Crippen LogP contribution in [-0.4, -0.2) is 44.7 Å². The maximum Gasteiger partial charge on any atom is 0.312 e. The fourth-order valence-electron chi connectivity index (χ4n) is 3.26. The van der Waals surface area contributed by atoms with Gasteiger partial charge in [-0.25, -0.2) is 0 Å². The highest BCUT2D eigenvalue weighted by Gasteiger charge is 2.38. The molecule has 3 rings (SSSR count). The number of amides is 2. The number of hydrogen-bond donors (Lipinski definition) is 1. The van der Waals surface area contributed by atoms with Gasteiger partial charge in [-0.05, 0) is 31.2 Å². The molecule has 2 atom stereocenters. The largest absolute Gasteiger partial charge is 0.495 e. The average Bonchev–Trinajstić information content (AvgIpc) is 3.15. The Morgan fingerprint density at radius 3 is 2.37 bits per heavy atom. The molecule has 0 aromatic heterocycles. The Bertz CT molecular complexity index is 945. The van der Waals surface area contributed by atoms with E-state index in [1.807, 2.05) is 0 Å². The summed E-state index contributed by atoms with van der Waals surface area (Å²) in [7, 11) is 3.02. The number of hydrogen-bond acceptors (Lipinski definition) is 6. The molecule has 30 heavy (non-hydrogen) atoms. The molecule has 0 bridgehead atoms. The zero-order valence-corrected chi connectivity index (χ0v) is 17.1. The topological polar surface area (TPSA) is 94.2 Å². The molecule has 0 radical (unpaired) electrons. The van der Waals surface area contributed by atoms with Crippen LogP contribution in [0.2, 0.25) is 0 Å². The number of nitrogens with one attached hydrogen (secondary N) is 1. The van der Waals surface area contributed by atoms with Crippen LogP contribution in [0.5, 0.6) is 11.5 Å². The van der Waals surface area contributed by atoms with Crippen molar-refractivity contribution < 1.29 is 28.6 Å². The van der Waals surface area contributed by atoms with Gasteiger partial charge in [0.1, 0.15) is 11.5 Å². The second-order valence-electron chi connectivity index (χ2n) is 6.85. The van der Waals surface area contributed by atoms with Crippen molar-refractivity contribution in [2.24, 2.45) is 5.92 Å². The number of rotatable bonds is 7. The molecule has 1 fully saturated rings. The van der Waals surface area contributed by atoms with Gasteiger partial charge < -0.3 is 24.4 Å². The third kappa shape index (κ3) is 4.53. The SMILES string of the molecule is COc1ccccc1NC(=O)[C@@H](C)OC(=O)[C@@H]1CC(=O)N(c2ccccc2OC)C1. The van der Waals surface area contributed by atoms with Crippen LogP contribution in [0, 0.1) is 5.92 Å². The van der Waals surface area contributed by atoms with Crippen LogP contribution in [0.4, 0.5) is 11.4 Å². The molecule has 2 amide bonds. The average molecular weight is 412 g/mol. The molecule has 8 nitrogen and oxygen atoms in total. The maximum absolute atomic E-state index is 12.6. The van der Waals surface area contributed by atoms with Crippen molar-refractivity contribution in [3.05, 3.63) is 48.5 Å². The Balaban J connectivity index is 1.62. The summed E-state index contributed by atoms with van der Waals surface area (Å²) in [6, 6.07) is 14.0. The van der Waals surface area contributed by atoms with Crippen molar-refractivity contribution in [3.63, 3.8) is 0 Å². The van der Waals surface area contributed by atoms with Crippen molar-refractivity contribution in [3.8, 4) is 11.5 Å². The van der Waals surface area contributed by atoms with E-state index in [0.29, 0.717) is 22.9 Å². The Morgan fingerprint density at radius 1 is 1.03 bits per heavy atom. The molecule has 1 N–H and O–H groups in total. The lowest BCUT2D eigenvalue weighted by molar-refractivity contribution is -0.157. The summed E-state index contributed by atoms with van der Waals surface area (Å²) in [5, 5.41) is 2.68. The molecular formula is C22H24N2O6. The van der Waals surface area contributed by atoms with Gasteiger partial charge in [0, 0.05) is 13.0 Å². The summed E-state index contributed by atoms with van der Waals surface area (Å²) in [6.45, 7) is 1.65. The maximum atomic E-state index is 12.6. The molecule has 0 saturated carbocycles. The van der Waals surface area contributed by atoms with E-state index in [4.69, 9.17) is 14.2 Å². The van der Waals surface area contributed by atoms with Gasteiger partial charge in [0.05, 0.1) is 31.5 Å². The smallest absolute Gasteiger partial charge is 0.312 e. The van der Waals surface area contributed by atoms with E-state index in [2.05, 4.69) is 5.32 Å². The number of carbonyl (C=O) groups excluding carboxylic acids is 3. The molecule has 158 valence electrons. The second kappa shape index (κ2) is 9.30. The van der Waals surface area contributed by atoms with Crippen molar-refractivity contribution in [2.45, 2.75) is 19.4 Å². The standard InChI is InChI=1S/C22H24N2O6/c1-14(21(26)23-16-8-4-6-10-18(16)28-2)30-22(27)15-12-20(25)24(13-15)17-9-5-7-11-19(17)29-3/h4-11,14-15H,12-13H2,1-3H3,(H,23,26)/t14-,15-/m1/s1. The van der Waals surface area contributed by atoms with E-state index in [0.717, 1.165) is 0 Å². The molecule has 0 unspecified atom stereocenters. The first-order valence-corrected chi connectivity index (χ1v) is 9.52. The number of carbonyl (C=O) groups is 3. The molecular weight excluding hydrogens is 388 g/mol. The fraction of sp³-hybridized carbons (Fsp3) is 0.318. The molecule has 1 aliphatic rings. The van der Waals surface area contributed by atoms with Gasteiger partial charge in [-0.1, -0.05) is 24.3 Å². The minimum Gasteiger partial charge on any atom is -0.495 e. The van der Waals surface area contributed by atoms with Gasteiger partial charge >= 0.3 is 5.97 Å². The van der Waals surface area contributed by atoms with E-state index >= 15 is 0 Å². The number of nitrogens with zero attached hydrogens (tertiary/aromatic N) is 1. The van der Waals surface area contributed by atoms with E-state index in [1.165, 1.54) is 26.0 Å². The van der Waals surface area contributed by atoms with Crippen LogP contribution in [0.15, 0.2) is 48.5 Å². The van der Waals surface area contributed by atoms with Crippen molar-refractivity contribution in [2.75, 3.05) is 31.0 Å². The summed E-state index contributed by atoms with van der Waals surface area (Å²) >= 11 is 0. The highest BCUT2D eigenvalue weighted by atomic mass is 16.5. The summed E-state index contributed by atoms with van der Waals surface area (Å²) in [4.78, 5) is 39.0. The first-order chi connectivity index (χ1) is 14.4. The third-order valence-corrected chi connectivity index (χ3v) is 4.86. The Labute approximate surface area is 174 Å². The molecule has 2 aromatic rings. The van der Waals surface area contributed by atoms with Crippen molar-refractivity contribution in [1.82, 2.24) is 0 Å². The van der Waals surface area contributed by atoms with E-state index < -0.39 is 23.9 Å². The highest BCUT2D eigenvalue weighted by Crippen LogP contribution is 2.33. The quantitative estimate of drug-likeness (QED) is 0.703. The van der Waals surface area contributed by atoms with Gasteiger partial charge in [0.25, 0.3) is 5.91 Å². The van der Waals surface area contributed by atoms with Crippen LogP contribution >= 0.6 is 0 Å². The Hall–Kier alpha value is -3.55. The normalized spacial score (nSPS) is 16.7. The van der Waals surface area contributed by atoms with Gasteiger partial charge in [-0.3, -0.25) is 14.4 Å². The van der Waals surface area contributed by atoms with E-state index in [9.17, 15) is 14.4 Å². The lowest BCUT2D eigenvalue weighted by Gasteiger charge is -2.20. The number of benzene rings is 2. The first kappa shape index (κ1) is 21.2. The van der Waals surface area contributed by atoms with Gasteiger partial charge in [0.2, 0.25) is 5.91 Å². The molecule has 8 heteroatoms. The minimum absolute atomic E-state index is 0.0116. The molecule has 1 heterocycles. The van der Waals surface area contributed by atoms with Crippen LogP contribution in [-0.2, 0) is 19.1 Å². The summed E-state index contributed by atoms with van der Waals surface area (Å²) in [6.07, 6.45) is -1.02. The van der Waals surface area contributed by atoms with Crippen LogP contribution in [0.25, 0.3) is 0 Å². The van der Waals surface area contributed by atoms with Crippen molar-refractivity contribution in [1.29, 1.82) is 0 Å². The van der Waals surface area contributed by atoms with Crippen LogP contribution in [0.3, 0.4) is 0 Å². The van der Waals surface area contributed by atoms with Gasteiger partial charge in [-0.2, -0.15) is 0 Å². The number of esters is 1.